The van der Waals surface area contributed by atoms with Gasteiger partial charge in [0, 0.05) is 5.41 Å². The summed E-state index contributed by atoms with van der Waals surface area (Å²) in [7, 11) is 1.58. The van der Waals surface area contributed by atoms with Gasteiger partial charge in [0.2, 0.25) is 4.38 Å². The smallest absolute Gasteiger partial charge is 0.312 e. The second-order valence-corrected chi connectivity index (χ2v) is 16.5. The largest absolute Gasteiger partial charge is 0.478 e. The number of hydrogen-bond donors (Lipinski definition) is 1. The molecule has 5 rings (SSSR count). The quantitative estimate of drug-likeness (QED) is 0.217. The summed E-state index contributed by atoms with van der Waals surface area (Å²) in [5.74, 6) is 1.85. The molecule has 5 aliphatic carbocycles. The van der Waals surface area contributed by atoms with E-state index in [4.69, 9.17) is 21.7 Å². The van der Waals surface area contributed by atoms with Crippen molar-refractivity contribution in [2.75, 3.05) is 20.0 Å². The first kappa shape index (κ1) is 28.9. The van der Waals surface area contributed by atoms with E-state index in [1.54, 1.807) is 12.7 Å². The number of aliphatic hydroxyl groups is 1. The van der Waals surface area contributed by atoms with E-state index in [0.29, 0.717) is 34.7 Å². The van der Waals surface area contributed by atoms with Crippen molar-refractivity contribution in [2.24, 2.45) is 50.7 Å². The number of ether oxygens (including phenoxy) is 2. The highest BCUT2D eigenvalue weighted by atomic mass is 32.2. The number of methoxy groups -OCH3 is 1. The van der Waals surface area contributed by atoms with Crippen LogP contribution in [0.1, 0.15) is 98.8 Å². The molecule has 38 heavy (non-hydrogen) atoms. The number of allylic oxidation sites excluding steroid dienone is 2. The summed E-state index contributed by atoms with van der Waals surface area (Å²) in [5.41, 5.74) is 1.58. The van der Waals surface area contributed by atoms with Crippen molar-refractivity contribution in [3.8, 4) is 0 Å². The fourth-order valence-electron chi connectivity index (χ4n) is 10.8. The first-order valence-electron chi connectivity index (χ1n) is 14.9. The zero-order valence-corrected chi connectivity index (χ0v) is 26.4. The second kappa shape index (κ2) is 9.76. The monoisotopic (exact) mass is 562 g/mol. The van der Waals surface area contributed by atoms with Gasteiger partial charge >= 0.3 is 5.97 Å². The molecule has 0 spiro atoms. The van der Waals surface area contributed by atoms with Gasteiger partial charge in [-0.2, -0.15) is 0 Å². The summed E-state index contributed by atoms with van der Waals surface area (Å²) in [4.78, 5) is 13.3. The van der Waals surface area contributed by atoms with Crippen molar-refractivity contribution >= 4 is 34.3 Å². The molecule has 0 aromatic rings. The lowest BCUT2D eigenvalue weighted by molar-refractivity contribution is -0.201. The molecule has 0 amide bonds. The molecular weight excluding hydrogens is 512 g/mol. The Balaban J connectivity index is 1.50. The number of esters is 1. The van der Waals surface area contributed by atoms with E-state index in [-0.39, 0.29) is 39.1 Å². The molecule has 0 saturated heterocycles. The number of hydrogen-bond acceptors (Lipinski definition) is 6. The fourth-order valence-corrected chi connectivity index (χ4v) is 11.0. The molecule has 4 saturated carbocycles. The lowest BCUT2D eigenvalue weighted by Gasteiger charge is -2.68. The zero-order valence-electron chi connectivity index (χ0n) is 24.7. The van der Waals surface area contributed by atoms with Gasteiger partial charge in [-0.05, 0) is 123 Å². The van der Waals surface area contributed by atoms with Gasteiger partial charge in [0.1, 0.15) is 0 Å². The molecule has 0 radical (unpaired) electrons. The molecule has 6 heteroatoms. The maximum Gasteiger partial charge on any atom is 0.312 e. The lowest BCUT2D eigenvalue weighted by atomic mass is 9.37. The Bertz CT molecular complexity index is 1010. The van der Waals surface area contributed by atoms with E-state index in [2.05, 4.69) is 40.7 Å². The highest BCUT2D eigenvalue weighted by Crippen LogP contribution is 2.72. The number of rotatable bonds is 3. The van der Waals surface area contributed by atoms with Crippen molar-refractivity contribution in [2.45, 2.75) is 105 Å². The summed E-state index contributed by atoms with van der Waals surface area (Å²) in [6.45, 7) is 12.6. The average molecular weight is 563 g/mol. The summed E-state index contributed by atoms with van der Waals surface area (Å²) < 4.78 is 12.1. The average Bonchev–Trinajstić information content (AvgIpc) is 2.88. The fraction of sp³-hybridized carbons (Fsp3) is 0.875. The van der Waals surface area contributed by atoms with Crippen molar-refractivity contribution in [1.82, 2.24) is 0 Å². The lowest BCUT2D eigenvalue weighted by Crippen LogP contribution is -2.63. The number of aliphatic hydroxyl groups excluding tert-OH is 1. The molecule has 4 nitrogen and oxygen atoms in total. The Kier molecular flexibility index (Phi) is 7.42. The number of thioether (sulfide) groups is 1. The minimum Gasteiger partial charge on any atom is -0.478 e. The van der Waals surface area contributed by atoms with Gasteiger partial charge in [0.15, 0.2) is 0 Å². The molecule has 4 fully saturated rings. The zero-order chi connectivity index (χ0) is 27.7. The van der Waals surface area contributed by atoms with Gasteiger partial charge in [-0.1, -0.05) is 58.0 Å². The molecule has 0 aromatic carbocycles. The first-order valence-corrected chi connectivity index (χ1v) is 16.6. The molecule has 214 valence electrons. The van der Waals surface area contributed by atoms with E-state index < -0.39 is 0 Å². The van der Waals surface area contributed by atoms with Gasteiger partial charge < -0.3 is 14.6 Å². The Morgan fingerprint density at radius 3 is 2.39 bits per heavy atom. The third-order valence-electron chi connectivity index (χ3n) is 12.9. The predicted octanol–water partition coefficient (Wildman–Crippen LogP) is 7.58. The minimum atomic E-state index is -0.357. The molecule has 0 heterocycles. The third kappa shape index (κ3) is 4.16. The van der Waals surface area contributed by atoms with Crippen LogP contribution in [0.4, 0.5) is 0 Å². The summed E-state index contributed by atoms with van der Waals surface area (Å²) in [6, 6.07) is 0. The minimum absolute atomic E-state index is 0.0282. The first-order chi connectivity index (χ1) is 17.8. The van der Waals surface area contributed by atoms with Crippen molar-refractivity contribution in [3.05, 3.63) is 11.6 Å². The molecule has 1 N–H and O–H groups in total. The summed E-state index contributed by atoms with van der Waals surface area (Å²) in [5, 5.41) is 11.3. The normalized spacial score (nSPS) is 47.4. The topological polar surface area (TPSA) is 55.8 Å². The Morgan fingerprint density at radius 2 is 1.71 bits per heavy atom. The maximum absolute atomic E-state index is 13.3. The van der Waals surface area contributed by atoms with Gasteiger partial charge in [-0.3, -0.25) is 4.79 Å². The van der Waals surface area contributed by atoms with Crippen LogP contribution in [0.3, 0.4) is 0 Å². The van der Waals surface area contributed by atoms with Crippen molar-refractivity contribution in [1.29, 1.82) is 0 Å². The molecule has 5 aliphatic rings. The number of thiocarbonyl (C=S) groups is 1. The third-order valence-corrected chi connectivity index (χ3v) is 13.9. The summed E-state index contributed by atoms with van der Waals surface area (Å²) >= 11 is 6.85. The Hall–Kier alpha value is -0.590. The van der Waals surface area contributed by atoms with Gasteiger partial charge in [-0.25, -0.2) is 0 Å². The number of fused-ring (bicyclic) bond motifs is 7. The summed E-state index contributed by atoms with van der Waals surface area (Å²) in [6.07, 6.45) is 14.7. The van der Waals surface area contributed by atoms with Crippen molar-refractivity contribution < 1.29 is 19.4 Å². The Morgan fingerprint density at radius 1 is 1.00 bits per heavy atom. The van der Waals surface area contributed by atoms with Gasteiger partial charge in [0.25, 0.3) is 0 Å². The van der Waals surface area contributed by atoms with E-state index in [1.807, 2.05) is 6.26 Å². The molecule has 9 atom stereocenters. The molecule has 0 aromatic heterocycles. The van der Waals surface area contributed by atoms with Gasteiger partial charge in [-0.15, -0.1) is 0 Å². The molecule has 0 bridgehead atoms. The van der Waals surface area contributed by atoms with E-state index in [9.17, 15) is 9.90 Å². The van der Waals surface area contributed by atoms with Crippen LogP contribution in [0.25, 0.3) is 0 Å². The standard InChI is InChI=1S/C32H50O4S2/c1-28(2)16-17-32(26(34)35-6)15-10-21-20(22(32)18-28)8-9-23-29(21,3)13-11-24-30(23,4)14-12-25(33)31(24,5)19-36-27(37)38-7/h8,21-25,33H,9-19H2,1-7H3/t21-,22+,23?,24-,25+,29+,30-,31+,32-/m1/s1. The Labute approximate surface area is 240 Å². The van der Waals surface area contributed by atoms with Crippen LogP contribution in [-0.4, -0.2) is 41.5 Å². The molecular formula is C32H50O4S2. The van der Waals surface area contributed by atoms with E-state index in [0.717, 1.165) is 57.8 Å². The second-order valence-electron chi connectivity index (χ2n) is 15.1. The van der Waals surface area contributed by atoms with Crippen LogP contribution >= 0.6 is 24.0 Å². The van der Waals surface area contributed by atoms with Crippen LogP contribution in [-0.2, 0) is 14.3 Å². The van der Waals surface area contributed by atoms with Crippen LogP contribution in [0.2, 0.25) is 0 Å². The highest BCUT2D eigenvalue weighted by molar-refractivity contribution is 8.22. The maximum atomic E-state index is 13.3. The number of carbonyl (C=O) groups is 1. The van der Waals surface area contributed by atoms with Gasteiger partial charge in [0.05, 0.1) is 25.2 Å². The molecule has 0 aliphatic heterocycles. The SMILES string of the molecule is COC(=O)[C@@]12CC[C@@H]3C(=CCC4[C@@]3(C)CC[C@H]3[C@](C)(COC(=S)SC)[C@@H](O)CC[C@]43C)[C@@H]1CC(C)(C)CC2. The van der Waals surface area contributed by atoms with E-state index in [1.165, 1.54) is 18.2 Å². The van der Waals surface area contributed by atoms with E-state index >= 15 is 0 Å². The van der Waals surface area contributed by atoms with Crippen LogP contribution < -0.4 is 0 Å². The van der Waals surface area contributed by atoms with Crippen LogP contribution in [0.5, 0.6) is 0 Å². The number of carbonyl (C=O) groups excluding carboxylic acids is 1. The van der Waals surface area contributed by atoms with Crippen LogP contribution in [0, 0.1) is 50.7 Å². The molecule has 1 unspecified atom stereocenters. The van der Waals surface area contributed by atoms with Crippen molar-refractivity contribution in [3.63, 3.8) is 0 Å². The van der Waals surface area contributed by atoms with Crippen LogP contribution in [0.15, 0.2) is 11.6 Å². The predicted molar refractivity (Wildman–Crippen MR) is 159 cm³/mol. The highest BCUT2D eigenvalue weighted by Gasteiger charge is 2.66.